The molecule has 2 N–H and O–H groups in total. The molecule has 2 atom stereocenters. The molecule has 1 heterocycles. The number of anilines is 1. The molecule has 0 saturated carbocycles. The average molecular weight is 465 g/mol. The van der Waals surface area contributed by atoms with Crippen molar-refractivity contribution in [2.24, 2.45) is 0 Å². The summed E-state index contributed by atoms with van der Waals surface area (Å²) in [5.74, 6) is 0. The second-order valence-corrected chi connectivity index (χ2v) is 12.3. The number of allylic oxidation sites excluding steroid dienone is 1. The zero-order valence-electron chi connectivity index (χ0n) is 14.8. The number of aliphatic hydroxyl groups is 1. The van der Waals surface area contributed by atoms with Crippen molar-refractivity contribution in [2.45, 2.75) is 42.9 Å². The van der Waals surface area contributed by atoms with E-state index in [1.165, 1.54) is 27.6 Å². The molecule has 1 aromatic rings. The summed E-state index contributed by atoms with van der Waals surface area (Å²) in [7, 11) is 0.122. The topological polar surface area (TPSA) is 41.5 Å². The fraction of sp³-hybridized carbons (Fsp3) is 0.529. The summed E-state index contributed by atoms with van der Waals surface area (Å²) < 4.78 is 6.50. The van der Waals surface area contributed by atoms with Gasteiger partial charge in [-0.15, -0.1) is 0 Å². The van der Waals surface area contributed by atoms with Crippen molar-refractivity contribution < 1.29 is 59.1 Å². The van der Waals surface area contributed by atoms with Crippen LogP contribution in [-0.2, 0) is 35.6 Å². The molecule has 2 aliphatic rings. The standard InChI is InChI=1S/C17H24NO2Si.2ClH.Zr/c1-17(2,3)18-15-11(8-9-19)6-7-12-10-13-16(14(12)15)21(13,5)20-4;;;/h6-7,10,18-19H,8-9H2,1-5H3;2*1H;/q;;;+2/p-2. The summed E-state index contributed by atoms with van der Waals surface area (Å²) in [5.41, 5.74) is 5.29. The molecule has 3 rings (SSSR count). The largest absolute Gasteiger partial charge is 1.00 e. The smallest absolute Gasteiger partial charge is 1.00 e. The first-order valence-electron chi connectivity index (χ1n) is 7.81. The number of nitrogens with one attached hydrogen (secondary N) is 1. The van der Waals surface area contributed by atoms with Gasteiger partial charge in [-0.2, -0.15) is 0 Å². The van der Waals surface area contributed by atoms with Gasteiger partial charge in [-0.25, -0.2) is 0 Å². The van der Waals surface area contributed by atoms with E-state index < -0.39 is 8.32 Å². The normalized spacial score (nSPS) is 23.9. The summed E-state index contributed by atoms with van der Waals surface area (Å²) in [6.07, 6.45) is 0.696. The van der Waals surface area contributed by atoms with Crippen LogP contribution in [0.3, 0.4) is 0 Å². The van der Waals surface area contributed by atoms with E-state index in [0.717, 1.165) is 0 Å². The van der Waals surface area contributed by atoms with Crippen LogP contribution < -0.4 is 30.1 Å². The Hall–Kier alpha value is 0.360. The van der Waals surface area contributed by atoms with Crippen molar-refractivity contribution in [2.75, 3.05) is 19.0 Å². The molecular weight excluding hydrogens is 440 g/mol. The number of hydrogen-bond acceptors (Lipinski definition) is 3. The minimum absolute atomic E-state index is 0. The third-order valence-corrected chi connectivity index (χ3v) is 10.5. The van der Waals surface area contributed by atoms with Gasteiger partial charge in [0.1, 0.15) is 0 Å². The summed E-state index contributed by atoms with van der Waals surface area (Å²) in [5, 5.41) is 16.2. The number of halogens is 2. The van der Waals surface area contributed by atoms with Crippen molar-refractivity contribution in [3.05, 3.63) is 34.0 Å². The fourth-order valence-corrected chi connectivity index (χ4v) is 10.3. The van der Waals surface area contributed by atoms with E-state index in [0.29, 0.717) is 10.0 Å². The van der Waals surface area contributed by atoms with E-state index in [2.05, 4.69) is 44.8 Å². The maximum Gasteiger partial charge on any atom is -1.00 e. The van der Waals surface area contributed by atoms with Crippen LogP contribution in [-0.4, -0.2) is 32.7 Å². The first-order chi connectivity index (χ1) is 10.2. The predicted octanol–water partition coefficient (Wildman–Crippen LogP) is -2.89. The molecule has 0 fully saturated rings. The van der Waals surface area contributed by atoms with E-state index in [4.69, 9.17) is 4.43 Å². The number of fused-ring (bicyclic) bond motifs is 2. The zero-order valence-corrected chi connectivity index (χ0v) is 19.7. The van der Waals surface area contributed by atoms with Crippen LogP contribution >= 0.6 is 0 Å². The third kappa shape index (κ3) is 3.45. The molecule has 24 heavy (non-hydrogen) atoms. The van der Waals surface area contributed by atoms with Crippen molar-refractivity contribution in [3.63, 3.8) is 0 Å². The number of benzene rings is 1. The first kappa shape index (κ1) is 22.4. The molecule has 2 unspecified atom stereocenters. The van der Waals surface area contributed by atoms with Gasteiger partial charge in [-0.05, 0) is 0 Å². The Kier molecular flexibility index (Phi) is 7.04. The van der Waals surface area contributed by atoms with Gasteiger partial charge in [-0.1, -0.05) is 0 Å². The van der Waals surface area contributed by atoms with E-state index >= 15 is 0 Å². The van der Waals surface area contributed by atoms with Crippen molar-refractivity contribution >= 4 is 19.2 Å². The molecule has 7 heteroatoms. The molecule has 0 bridgehead atoms. The van der Waals surface area contributed by atoms with Crippen LogP contribution in [0.2, 0.25) is 6.55 Å². The van der Waals surface area contributed by atoms with Gasteiger partial charge in [0.25, 0.3) is 0 Å². The second-order valence-electron chi connectivity index (χ2n) is 7.37. The molecule has 0 saturated heterocycles. The van der Waals surface area contributed by atoms with E-state index in [1.807, 2.05) is 7.11 Å². The molecule has 1 aliphatic heterocycles. The molecular formula is C17H24Cl2NO2SiZr. The molecule has 131 valence electrons. The summed E-state index contributed by atoms with van der Waals surface area (Å²) in [6.45, 7) is 9.07. The Morgan fingerprint density at radius 3 is 2.42 bits per heavy atom. The second kappa shape index (κ2) is 7.54. The summed E-state index contributed by atoms with van der Waals surface area (Å²) >= 11 is 1.55. The van der Waals surface area contributed by atoms with Gasteiger partial charge in [0.2, 0.25) is 0 Å². The third-order valence-electron chi connectivity index (χ3n) is 4.66. The summed E-state index contributed by atoms with van der Waals surface area (Å²) in [6, 6.07) is 4.46. The average Bonchev–Trinajstić information content (AvgIpc) is 2.91. The van der Waals surface area contributed by atoms with Crippen molar-refractivity contribution in [1.29, 1.82) is 0 Å². The molecule has 0 aromatic heterocycles. The maximum absolute atomic E-state index is 9.42. The monoisotopic (exact) mass is 462 g/mol. The molecule has 0 amide bonds. The SMILES string of the molecule is CO[Si]1(C)C2=C1[CH]([Zr+2])c1ccc(CCO)c(NC(C)(C)C)c12.[Cl-].[Cl-]. The number of aliphatic hydroxyl groups excluding tert-OH is 1. The van der Waals surface area contributed by atoms with Gasteiger partial charge < -0.3 is 24.8 Å². The van der Waals surface area contributed by atoms with E-state index in [9.17, 15) is 5.11 Å². The Bertz CT molecular complexity index is 675. The maximum atomic E-state index is 9.42. The molecule has 1 aromatic carbocycles. The Labute approximate surface area is 173 Å². The zero-order chi connectivity index (χ0) is 16.3. The van der Waals surface area contributed by atoms with Crippen molar-refractivity contribution in [1.82, 2.24) is 0 Å². The first-order valence-corrected chi connectivity index (χ1v) is 11.6. The van der Waals surface area contributed by atoms with Gasteiger partial charge in [-0.3, -0.25) is 0 Å². The quantitative estimate of drug-likeness (QED) is 0.471. The predicted molar refractivity (Wildman–Crippen MR) is 88.9 cm³/mol. The molecule has 0 radical (unpaired) electrons. The van der Waals surface area contributed by atoms with Gasteiger partial charge in [0.15, 0.2) is 0 Å². The van der Waals surface area contributed by atoms with Crippen LogP contribution in [0.5, 0.6) is 0 Å². The van der Waals surface area contributed by atoms with Gasteiger partial charge >= 0.3 is 149 Å². The van der Waals surface area contributed by atoms with E-state index in [1.54, 1.807) is 29.9 Å². The minimum Gasteiger partial charge on any atom is -1.00 e. The number of rotatable bonds is 4. The van der Waals surface area contributed by atoms with Gasteiger partial charge in [0.05, 0.1) is 0 Å². The Morgan fingerprint density at radius 1 is 1.29 bits per heavy atom. The molecule has 0 spiro atoms. The van der Waals surface area contributed by atoms with Crippen molar-refractivity contribution in [3.8, 4) is 0 Å². The van der Waals surface area contributed by atoms with Crippen LogP contribution in [0.25, 0.3) is 5.20 Å². The Morgan fingerprint density at radius 2 is 1.92 bits per heavy atom. The van der Waals surface area contributed by atoms with Crippen LogP contribution in [0.15, 0.2) is 17.3 Å². The fourth-order valence-electron chi connectivity index (χ4n) is 3.56. The summed E-state index contributed by atoms with van der Waals surface area (Å²) in [4.78, 5) is 0. The number of hydrogen-bond donors (Lipinski definition) is 2. The van der Waals surface area contributed by atoms with Crippen LogP contribution in [0.1, 0.15) is 41.1 Å². The molecule has 3 nitrogen and oxygen atoms in total. The molecule has 1 aliphatic carbocycles. The van der Waals surface area contributed by atoms with Crippen LogP contribution in [0, 0.1) is 0 Å². The van der Waals surface area contributed by atoms with Crippen LogP contribution in [0.4, 0.5) is 5.69 Å². The minimum atomic E-state index is -1.74. The van der Waals surface area contributed by atoms with E-state index in [-0.39, 0.29) is 37.0 Å². The van der Waals surface area contributed by atoms with Gasteiger partial charge in [0, 0.05) is 0 Å². The Balaban J connectivity index is 0.00000144.